The molecule has 0 atom stereocenters. The Hall–Kier alpha value is 0.544. The van der Waals surface area contributed by atoms with E-state index in [9.17, 15) is 0 Å². The molecule has 6 nitrogen and oxygen atoms in total. The monoisotopic (exact) mass is 190 g/mol. The maximum absolute atomic E-state index is 0. The van der Waals surface area contributed by atoms with Crippen LogP contribution in [0.15, 0.2) is 0 Å². The van der Waals surface area contributed by atoms with Crippen LogP contribution in [0, 0.1) is 0 Å². The van der Waals surface area contributed by atoms with Crippen LogP contribution in [0.5, 0.6) is 0 Å². The fourth-order valence-corrected chi connectivity index (χ4v) is 0. The minimum Gasteiger partial charge on any atom is -0.693 e. The SMILES string of the molecule is Cl.[NH2-].[NH2-].[NH2-].[NH2-].[NH2-].[NH2-].[Ni]. The van der Waals surface area contributed by atoms with Crippen LogP contribution in [-0.2, 0) is 16.5 Å². The van der Waals surface area contributed by atoms with E-state index >= 15 is 0 Å². The van der Waals surface area contributed by atoms with Crippen LogP contribution in [0.25, 0.3) is 36.9 Å². The molecule has 0 aliphatic heterocycles. The number of halogens is 1. The molecule has 0 aliphatic carbocycles. The molecule has 0 saturated heterocycles. The van der Waals surface area contributed by atoms with E-state index in [4.69, 9.17) is 0 Å². The third kappa shape index (κ3) is 681. The van der Waals surface area contributed by atoms with E-state index < -0.39 is 0 Å². The molecule has 0 bridgehead atoms. The second-order valence-electron chi connectivity index (χ2n) is 0. The molecule has 0 saturated carbocycles. The molecule has 0 fully saturated rings. The summed E-state index contributed by atoms with van der Waals surface area (Å²) in [6.07, 6.45) is 0. The van der Waals surface area contributed by atoms with Gasteiger partial charge in [0.25, 0.3) is 0 Å². The molecule has 0 unspecified atom stereocenters. The van der Waals surface area contributed by atoms with Gasteiger partial charge in [0, 0.05) is 16.5 Å². The molecular weight excluding hydrogens is 178 g/mol. The zero-order valence-corrected chi connectivity index (χ0v) is 5.99. The summed E-state index contributed by atoms with van der Waals surface area (Å²) in [4.78, 5) is 0. The molecule has 66 valence electrons. The summed E-state index contributed by atoms with van der Waals surface area (Å²) in [7, 11) is 0. The largest absolute Gasteiger partial charge is 0.693 e. The van der Waals surface area contributed by atoms with Crippen LogP contribution in [0.1, 0.15) is 0 Å². The average Bonchev–Trinajstić information content (AvgIpc) is 0. The number of nitrogens with two attached hydrogens (primary N) is 6. The molecule has 0 radical (unpaired) electrons. The van der Waals surface area contributed by atoms with E-state index in [2.05, 4.69) is 0 Å². The topological polar surface area (TPSA) is 201 Å². The summed E-state index contributed by atoms with van der Waals surface area (Å²) in [5, 5.41) is 0. The Morgan fingerprint density at radius 3 is 0.375 bits per heavy atom. The first-order chi connectivity index (χ1) is 0. The standard InChI is InChI=1S/ClH.6H2N.Ni/h1H;6*1H2;/q;6*-1;. The molecule has 0 amide bonds. The Balaban J connectivity index is 0. The predicted molar refractivity (Wildman–Crippen MR) is 39.0 cm³/mol. The zero-order valence-electron chi connectivity index (χ0n) is 4.19. The van der Waals surface area contributed by atoms with Crippen molar-refractivity contribution in [2.75, 3.05) is 0 Å². The van der Waals surface area contributed by atoms with Crippen molar-refractivity contribution in [1.29, 1.82) is 0 Å². The normalized spacial score (nSPS) is 0. The third-order valence-corrected chi connectivity index (χ3v) is 0. The summed E-state index contributed by atoms with van der Waals surface area (Å²) >= 11 is 0. The summed E-state index contributed by atoms with van der Waals surface area (Å²) in [6, 6.07) is 0. The van der Waals surface area contributed by atoms with Crippen molar-refractivity contribution in [3.05, 3.63) is 36.9 Å². The van der Waals surface area contributed by atoms with Crippen molar-refractivity contribution >= 4 is 12.4 Å². The molecule has 12 N–H and O–H groups in total. The van der Waals surface area contributed by atoms with Gasteiger partial charge >= 0.3 is 0 Å². The van der Waals surface area contributed by atoms with E-state index in [-0.39, 0.29) is 65.8 Å². The van der Waals surface area contributed by atoms with Crippen molar-refractivity contribution in [2.24, 2.45) is 0 Å². The van der Waals surface area contributed by atoms with Crippen molar-refractivity contribution in [3.8, 4) is 0 Å². The van der Waals surface area contributed by atoms with Crippen LogP contribution in [0.4, 0.5) is 0 Å². The molecule has 8 heteroatoms. The van der Waals surface area contributed by atoms with E-state index in [0.717, 1.165) is 0 Å². The Bertz CT molecular complexity index is 8.49. The van der Waals surface area contributed by atoms with Crippen molar-refractivity contribution in [3.63, 3.8) is 0 Å². The smallest absolute Gasteiger partial charge is 0 e. The molecule has 0 aromatic heterocycles. The summed E-state index contributed by atoms with van der Waals surface area (Å²) in [5.74, 6) is 0. The molecule has 0 aromatic carbocycles. The van der Waals surface area contributed by atoms with Gasteiger partial charge in [-0.1, -0.05) is 0 Å². The fraction of sp³-hybridized carbons (Fsp3) is 0. The third-order valence-electron chi connectivity index (χ3n) is 0. The van der Waals surface area contributed by atoms with Gasteiger partial charge in [0.05, 0.1) is 0 Å². The number of hydrogen-bond acceptors (Lipinski definition) is 0. The minimum absolute atomic E-state index is 0. The van der Waals surface area contributed by atoms with Crippen LogP contribution in [-0.4, -0.2) is 0 Å². The summed E-state index contributed by atoms with van der Waals surface area (Å²) < 4.78 is 0. The first-order valence-corrected chi connectivity index (χ1v) is 0. The van der Waals surface area contributed by atoms with Gasteiger partial charge in [-0.3, -0.25) is 0 Å². The molecule has 8 heavy (non-hydrogen) atoms. The Morgan fingerprint density at radius 2 is 0.375 bits per heavy atom. The van der Waals surface area contributed by atoms with Crippen molar-refractivity contribution in [2.45, 2.75) is 0 Å². The molecule has 0 rings (SSSR count). The molecule has 0 aromatic rings. The maximum atomic E-state index is 0. The Kier molecular flexibility index (Phi) is 225000. The molecule has 0 spiro atoms. The molecule has 0 heterocycles. The quantitative estimate of drug-likeness (QED) is 0.476. The van der Waals surface area contributed by atoms with Gasteiger partial charge in [0.15, 0.2) is 0 Å². The van der Waals surface area contributed by atoms with Crippen LogP contribution in [0.2, 0.25) is 0 Å². The van der Waals surface area contributed by atoms with Crippen molar-refractivity contribution < 1.29 is 16.5 Å². The van der Waals surface area contributed by atoms with Crippen LogP contribution < -0.4 is 0 Å². The van der Waals surface area contributed by atoms with Gasteiger partial charge in [-0.05, 0) is 0 Å². The van der Waals surface area contributed by atoms with Gasteiger partial charge in [0.2, 0.25) is 0 Å². The average molecular weight is 191 g/mol. The van der Waals surface area contributed by atoms with Gasteiger partial charge in [0.1, 0.15) is 0 Å². The van der Waals surface area contributed by atoms with Crippen LogP contribution >= 0.6 is 12.4 Å². The van der Waals surface area contributed by atoms with Gasteiger partial charge in [-0.2, -0.15) is 0 Å². The Morgan fingerprint density at radius 1 is 0.375 bits per heavy atom. The maximum Gasteiger partial charge on any atom is 0 e. The van der Waals surface area contributed by atoms with Gasteiger partial charge in [-0.15, -0.1) is 12.4 Å². The van der Waals surface area contributed by atoms with Gasteiger partial charge < -0.3 is 36.9 Å². The fourth-order valence-electron chi connectivity index (χ4n) is 0. The number of rotatable bonds is 0. The van der Waals surface area contributed by atoms with Crippen molar-refractivity contribution in [1.82, 2.24) is 0 Å². The van der Waals surface area contributed by atoms with Gasteiger partial charge in [-0.25, -0.2) is 0 Å². The van der Waals surface area contributed by atoms with E-state index in [1.165, 1.54) is 0 Å². The second-order valence-corrected chi connectivity index (χ2v) is 0. The molecular formula is H13ClN6Ni-6. The Labute approximate surface area is 66.4 Å². The summed E-state index contributed by atoms with van der Waals surface area (Å²) in [5.41, 5.74) is 0. The zero-order chi connectivity index (χ0) is 0. The molecule has 0 aliphatic rings. The first kappa shape index (κ1) is 1650. The first-order valence-electron chi connectivity index (χ1n) is 0. The second kappa shape index (κ2) is 1090. The van der Waals surface area contributed by atoms with Crippen LogP contribution in [0.3, 0.4) is 0 Å². The summed E-state index contributed by atoms with van der Waals surface area (Å²) in [6.45, 7) is 0. The van der Waals surface area contributed by atoms with E-state index in [0.29, 0.717) is 0 Å². The minimum atomic E-state index is 0. The predicted octanol–water partition coefficient (Wildman–Crippen LogP) is 4.72. The van der Waals surface area contributed by atoms with E-state index in [1.807, 2.05) is 0 Å². The van der Waals surface area contributed by atoms with E-state index in [1.54, 1.807) is 0 Å². The number of hydrogen-bond donors (Lipinski definition) is 0.